The van der Waals surface area contributed by atoms with Crippen LogP contribution in [-0.4, -0.2) is 47.8 Å². The van der Waals surface area contributed by atoms with Crippen molar-refractivity contribution < 1.29 is 14.0 Å². The van der Waals surface area contributed by atoms with E-state index in [1.807, 2.05) is 4.90 Å². The number of hydrogen-bond donors (Lipinski definition) is 0. The maximum Gasteiger partial charge on any atom is 0.256 e. The topological polar surface area (TPSA) is 40.6 Å². The average Bonchev–Trinajstić information content (AvgIpc) is 3.08. The molecule has 0 saturated carbocycles. The van der Waals surface area contributed by atoms with E-state index in [0.717, 1.165) is 38.8 Å². The maximum atomic E-state index is 13.8. The van der Waals surface area contributed by atoms with Crippen molar-refractivity contribution in [1.82, 2.24) is 9.80 Å². The third-order valence-corrected chi connectivity index (χ3v) is 4.58. The minimum Gasteiger partial charge on any atom is -0.342 e. The highest BCUT2D eigenvalue weighted by molar-refractivity contribution is 5.95. The smallest absolute Gasteiger partial charge is 0.256 e. The molecular weight excluding hydrogens is 283 g/mol. The van der Waals surface area contributed by atoms with Crippen LogP contribution in [0.15, 0.2) is 24.3 Å². The summed E-state index contributed by atoms with van der Waals surface area (Å²) in [5.74, 6) is -0.788. The van der Waals surface area contributed by atoms with Crippen LogP contribution in [0.3, 0.4) is 0 Å². The highest BCUT2D eigenvalue weighted by Crippen LogP contribution is 2.23. The molecule has 0 bridgehead atoms. The standard InChI is InChI=1S/C17H21FN2O2/c18-15-8-2-1-7-14(15)17(22)20-11-5-6-13(12-20)16(21)19-9-3-4-10-19/h1-2,7-8,13H,3-6,9-12H2/t13-/m1/s1. The summed E-state index contributed by atoms with van der Waals surface area (Å²) in [4.78, 5) is 28.5. The van der Waals surface area contributed by atoms with Gasteiger partial charge in [0, 0.05) is 26.2 Å². The number of nitrogens with zero attached hydrogens (tertiary/aromatic N) is 2. The predicted octanol–water partition coefficient (Wildman–Crippen LogP) is 2.30. The second-order valence-electron chi connectivity index (χ2n) is 6.10. The van der Waals surface area contributed by atoms with E-state index < -0.39 is 5.82 Å². The van der Waals surface area contributed by atoms with E-state index in [9.17, 15) is 14.0 Å². The Hall–Kier alpha value is -1.91. The highest BCUT2D eigenvalue weighted by Gasteiger charge is 2.32. The lowest BCUT2D eigenvalue weighted by atomic mass is 9.96. The molecule has 2 aliphatic heterocycles. The number of amides is 2. The minimum atomic E-state index is -0.500. The first-order valence-electron chi connectivity index (χ1n) is 7.99. The lowest BCUT2D eigenvalue weighted by Gasteiger charge is -2.34. The predicted molar refractivity (Wildman–Crippen MR) is 80.8 cm³/mol. The summed E-state index contributed by atoms with van der Waals surface area (Å²) in [6.07, 6.45) is 3.74. The quantitative estimate of drug-likeness (QED) is 0.841. The summed E-state index contributed by atoms with van der Waals surface area (Å²) in [5.41, 5.74) is 0.0942. The Balaban J connectivity index is 1.69. The monoisotopic (exact) mass is 304 g/mol. The second-order valence-corrected chi connectivity index (χ2v) is 6.10. The molecule has 0 aromatic heterocycles. The SMILES string of the molecule is O=C(c1ccccc1F)N1CCC[C@@H](C(=O)N2CCCC2)C1. The summed E-state index contributed by atoms with van der Waals surface area (Å²) < 4.78 is 13.8. The number of carbonyl (C=O) groups excluding carboxylic acids is 2. The molecule has 2 aliphatic rings. The molecule has 1 atom stereocenters. The second kappa shape index (κ2) is 6.46. The van der Waals surface area contributed by atoms with E-state index in [1.165, 1.54) is 12.1 Å². The molecule has 2 amide bonds. The average molecular weight is 304 g/mol. The largest absolute Gasteiger partial charge is 0.342 e. The van der Waals surface area contributed by atoms with E-state index in [2.05, 4.69) is 0 Å². The summed E-state index contributed by atoms with van der Waals surface area (Å²) in [6, 6.07) is 6.03. The third kappa shape index (κ3) is 2.98. The van der Waals surface area contributed by atoms with Gasteiger partial charge in [0.15, 0.2) is 0 Å². The fraction of sp³-hybridized carbons (Fsp3) is 0.529. The van der Waals surface area contributed by atoms with Gasteiger partial charge in [0.05, 0.1) is 11.5 Å². The minimum absolute atomic E-state index is 0.0942. The first kappa shape index (κ1) is 15.0. The van der Waals surface area contributed by atoms with Crippen LogP contribution in [0.2, 0.25) is 0 Å². The van der Waals surface area contributed by atoms with Gasteiger partial charge in [-0.2, -0.15) is 0 Å². The zero-order chi connectivity index (χ0) is 15.5. The van der Waals surface area contributed by atoms with Crippen LogP contribution in [0, 0.1) is 11.7 Å². The van der Waals surface area contributed by atoms with Crippen molar-refractivity contribution in [1.29, 1.82) is 0 Å². The summed E-state index contributed by atoms with van der Waals surface area (Å²) in [5, 5.41) is 0. The van der Waals surface area contributed by atoms with Crippen molar-refractivity contribution in [3.63, 3.8) is 0 Å². The normalized spacial score (nSPS) is 22.0. The van der Waals surface area contributed by atoms with E-state index in [-0.39, 0.29) is 23.3 Å². The summed E-state index contributed by atoms with van der Waals surface area (Å²) in [6.45, 7) is 2.66. The van der Waals surface area contributed by atoms with E-state index in [0.29, 0.717) is 13.1 Å². The lowest BCUT2D eigenvalue weighted by molar-refractivity contribution is -0.135. The van der Waals surface area contributed by atoms with Crippen molar-refractivity contribution >= 4 is 11.8 Å². The Morgan fingerprint density at radius 3 is 2.41 bits per heavy atom. The van der Waals surface area contributed by atoms with Crippen molar-refractivity contribution in [2.45, 2.75) is 25.7 Å². The Bertz CT molecular complexity index is 570. The van der Waals surface area contributed by atoms with E-state index in [1.54, 1.807) is 17.0 Å². The van der Waals surface area contributed by atoms with Crippen LogP contribution in [-0.2, 0) is 4.79 Å². The Labute approximate surface area is 129 Å². The third-order valence-electron chi connectivity index (χ3n) is 4.58. The molecule has 0 radical (unpaired) electrons. The molecule has 0 spiro atoms. The summed E-state index contributed by atoms with van der Waals surface area (Å²) >= 11 is 0. The lowest BCUT2D eigenvalue weighted by Crippen LogP contribution is -2.46. The van der Waals surface area contributed by atoms with E-state index in [4.69, 9.17) is 0 Å². The molecule has 1 aromatic carbocycles. The van der Waals surface area contributed by atoms with Gasteiger partial charge in [0.2, 0.25) is 5.91 Å². The van der Waals surface area contributed by atoms with Crippen molar-refractivity contribution in [2.75, 3.05) is 26.2 Å². The highest BCUT2D eigenvalue weighted by atomic mass is 19.1. The molecule has 0 N–H and O–H groups in total. The molecule has 2 saturated heterocycles. The number of halogens is 1. The molecule has 118 valence electrons. The molecule has 4 nitrogen and oxygen atoms in total. The number of likely N-dealkylation sites (tertiary alicyclic amines) is 2. The first-order chi connectivity index (χ1) is 10.7. The van der Waals surface area contributed by atoms with Gasteiger partial charge in [-0.1, -0.05) is 12.1 Å². The molecular formula is C17H21FN2O2. The van der Waals surface area contributed by atoms with Crippen LogP contribution in [0.5, 0.6) is 0 Å². The number of rotatable bonds is 2. The fourth-order valence-corrected chi connectivity index (χ4v) is 3.36. The molecule has 1 aromatic rings. The molecule has 0 unspecified atom stereocenters. The summed E-state index contributed by atoms with van der Waals surface area (Å²) in [7, 11) is 0. The van der Waals surface area contributed by atoms with Crippen molar-refractivity contribution in [3.8, 4) is 0 Å². The van der Waals surface area contributed by atoms with Gasteiger partial charge < -0.3 is 9.80 Å². The van der Waals surface area contributed by atoms with Crippen LogP contribution in [0.1, 0.15) is 36.0 Å². The van der Waals surface area contributed by atoms with Crippen LogP contribution in [0.4, 0.5) is 4.39 Å². The molecule has 0 aliphatic carbocycles. The van der Waals surface area contributed by atoms with Gasteiger partial charge in [0.1, 0.15) is 5.82 Å². The Morgan fingerprint density at radius 2 is 1.68 bits per heavy atom. The Kier molecular flexibility index (Phi) is 4.41. The van der Waals surface area contributed by atoms with Gasteiger partial charge >= 0.3 is 0 Å². The fourth-order valence-electron chi connectivity index (χ4n) is 3.36. The zero-order valence-corrected chi connectivity index (χ0v) is 12.6. The van der Waals surface area contributed by atoms with E-state index >= 15 is 0 Å². The molecule has 2 fully saturated rings. The molecule has 22 heavy (non-hydrogen) atoms. The number of hydrogen-bond acceptors (Lipinski definition) is 2. The number of carbonyl (C=O) groups is 2. The van der Waals surface area contributed by atoms with Crippen molar-refractivity contribution in [3.05, 3.63) is 35.6 Å². The Morgan fingerprint density at radius 1 is 1.00 bits per heavy atom. The first-order valence-corrected chi connectivity index (χ1v) is 7.99. The zero-order valence-electron chi connectivity index (χ0n) is 12.6. The number of benzene rings is 1. The van der Waals surface area contributed by atoms with Gasteiger partial charge in [0.25, 0.3) is 5.91 Å². The van der Waals surface area contributed by atoms with Gasteiger partial charge in [-0.05, 0) is 37.8 Å². The van der Waals surface area contributed by atoms with Gasteiger partial charge in [-0.15, -0.1) is 0 Å². The van der Waals surface area contributed by atoms with Crippen LogP contribution < -0.4 is 0 Å². The van der Waals surface area contributed by atoms with Gasteiger partial charge in [-0.25, -0.2) is 4.39 Å². The maximum absolute atomic E-state index is 13.8. The molecule has 2 heterocycles. The van der Waals surface area contributed by atoms with Crippen LogP contribution >= 0.6 is 0 Å². The van der Waals surface area contributed by atoms with Crippen molar-refractivity contribution in [2.24, 2.45) is 5.92 Å². The van der Waals surface area contributed by atoms with Gasteiger partial charge in [-0.3, -0.25) is 9.59 Å². The molecule has 3 rings (SSSR count). The van der Waals surface area contributed by atoms with Crippen LogP contribution in [0.25, 0.3) is 0 Å². The molecule has 5 heteroatoms. The number of piperidine rings is 1.